The standard InChI is InChI=1S/C15H6Cl3FN2O4/c16-8-3-6(19)4-9(17)12(8)21-5-10(25-15(23)24)13(22)7-1-2-11(18)20-14(7)21/h1-5H,(H,23,24). The van der Waals surface area contributed by atoms with Crippen LogP contribution in [0.1, 0.15) is 0 Å². The third-order valence-corrected chi connectivity index (χ3v) is 3.99. The summed E-state index contributed by atoms with van der Waals surface area (Å²) in [6, 6.07) is 4.72. The molecule has 0 bridgehead atoms. The average molecular weight is 404 g/mol. The molecule has 0 saturated carbocycles. The predicted molar refractivity (Wildman–Crippen MR) is 91.0 cm³/mol. The molecule has 0 saturated heterocycles. The summed E-state index contributed by atoms with van der Waals surface area (Å²) in [6.07, 6.45) is -0.631. The van der Waals surface area contributed by atoms with Crippen molar-refractivity contribution >= 4 is 52.0 Å². The normalized spacial score (nSPS) is 10.9. The van der Waals surface area contributed by atoms with E-state index in [-0.39, 0.29) is 31.9 Å². The second-order valence-corrected chi connectivity index (χ2v) is 5.99. The molecule has 1 N–H and O–H groups in total. The van der Waals surface area contributed by atoms with Gasteiger partial charge >= 0.3 is 6.16 Å². The Morgan fingerprint density at radius 3 is 2.44 bits per heavy atom. The van der Waals surface area contributed by atoms with Crippen LogP contribution >= 0.6 is 34.8 Å². The molecule has 0 amide bonds. The van der Waals surface area contributed by atoms with E-state index in [0.29, 0.717) is 0 Å². The first-order chi connectivity index (χ1) is 11.8. The predicted octanol–water partition coefficient (Wildman–Crippen LogP) is 4.54. The number of hydrogen-bond acceptors (Lipinski definition) is 4. The highest BCUT2D eigenvalue weighted by Gasteiger charge is 2.19. The SMILES string of the molecule is O=C(O)Oc1cn(-c2c(Cl)cc(F)cc2Cl)c2nc(Cl)ccc2c1=O. The molecule has 3 rings (SSSR count). The summed E-state index contributed by atoms with van der Waals surface area (Å²) >= 11 is 18.0. The molecule has 0 fully saturated rings. The van der Waals surface area contributed by atoms with Gasteiger partial charge in [-0.25, -0.2) is 14.2 Å². The van der Waals surface area contributed by atoms with Gasteiger partial charge in [0.05, 0.1) is 27.3 Å². The van der Waals surface area contributed by atoms with E-state index in [9.17, 15) is 14.0 Å². The Labute approximate surface area is 153 Å². The molecule has 0 atom stereocenters. The number of halogens is 4. The maximum Gasteiger partial charge on any atom is 0.511 e. The molecule has 0 radical (unpaired) electrons. The molecule has 128 valence electrons. The molecule has 3 aromatic rings. The Hall–Kier alpha value is -2.35. The number of pyridine rings is 2. The van der Waals surface area contributed by atoms with Gasteiger partial charge in [-0.3, -0.25) is 9.36 Å². The number of fused-ring (bicyclic) bond motifs is 1. The van der Waals surface area contributed by atoms with Gasteiger partial charge in [-0.1, -0.05) is 34.8 Å². The molecular formula is C15H6Cl3FN2O4. The van der Waals surface area contributed by atoms with Crippen molar-refractivity contribution in [2.24, 2.45) is 0 Å². The zero-order valence-corrected chi connectivity index (χ0v) is 14.2. The molecule has 0 aliphatic carbocycles. The van der Waals surface area contributed by atoms with Crippen molar-refractivity contribution in [3.8, 4) is 11.4 Å². The highest BCUT2D eigenvalue weighted by atomic mass is 35.5. The second kappa shape index (κ2) is 6.51. The Kier molecular flexibility index (Phi) is 4.55. The van der Waals surface area contributed by atoms with Crippen LogP contribution in [0.2, 0.25) is 15.2 Å². The molecule has 0 unspecified atom stereocenters. The Balaban J connectivity index is 2.45. The molecule has 0 aliphatic rings. The van der Waals surface area contributed by atoms with Gasteiger partial charge in [0, 0.05) is 0 Å². The Morgan fingerprint density at radius 2 is 1.84 bits per heavy atom. The largest absolute Gasteiger partial charge is 0.511 e. The number of nitrogens with zero attached hydrogens (tertiary/aromatic N) is 2. The quantitative estimate of drug-likeness (QED) is 0.502. The lowest BCUT2D eigenvalue weighted by atomic mass is 10.2. The van der Waals surface area contributed by atoms with Crippen LogP contribution in [0.3, 0.4) is 0 Å². The average Bonchev–Trinajstić information content (AvgIpc) is 2.50. The van der Waals surface area contributed by atoms with Crippen LogP contribution in [-0.2, 0) is 0 Å². The van der Waals surface area contributed by atoms with E-state index in [1.165, 1.54) is 16.7 Å². The summed E-state index contributed by atoms with van der Waals surface area (Å²) in [7, 11) is 0. The number of carbonyl (C=O) groups is 1. The monoisotopic (exact) mass is 402 g/mol. The Morgan fingerprint density at radius 1 is 1.20 bits per heavy atom. The minimum absolute atomic E-state index is 0.0135. The summed E-state index contributed by atoms with van der Waals surface area (Å²) < 4.78 is 19.2. The molecular weight excluding hydrogens is 398 g/mol. The number of benzene rings is 1. The molecule has 10 heteroatoms. The maximum atomic E-state index is 13.5. The van der Waals surface area contributed by atoms with Gasteiger partial charge in [-0.2, -0.15) is 0 Å². The van der Waals surface area contributed by atoms with E-state index in [2.05, 4.69) is 9.72 Å². The maximum absolute atomic E-state index is 13.5. The third kappa shape index (κ3) is 3.26. The van der Waals surface area contributed by atoms with E-state index >= 15 is 0 Å². The first kappa shape index (κ1) is 17.5. The van der Waals surface area contributed by atoms with Crippen molar-refractivity contribution in [2.45, 2.75) is 0 Å². The van der Waals surface area contributed by atoms with Gasteiger partial charge in [-0.05, 0) is 24.3 Å². The molecule has 2 heterocycles. The highest BCUT2D eigenvalue weighted by molar-refractivity contribution is 6.38. The number of ether oxygens (including phenoxy) is 1. The summed E-state index contributed by atoms with van der Waals surface area (Å²) in [4.78, 5) is 27.3. The zero-order valence-electron chi connectivity index (χ0n) is 12.0. The van der Waals surface area contributed by atoms with Crippen LogP contribution in [-0.4, -0.2) is 20.8 Å². The molecule has 0 aliphatic heterocycles. The minimum atomic E-state index is -1.68. The van der Waals surface area contributed by atoms with E-state index in [1.807, 2.05) is 0 Å². The highest BCUT2D eigenvalue weighted by Crippen LogP contribution is 2.32. The fourth-order valence-corrected chi connectivity index (χ4v) is 3.04. The van der Waals surface area contributed by atoms with Gasteiger partial charge < -0.3 is 9.84 Å². The summed E-state index contributed by atoms with van der Waals surface area (Å²) in [5, 5.41) is 8.72. The zero-order chi connectivity index (χ0) is 18.3. The molecule has 1 aromatic carbocycles. The van der Waals surface area contributed by atoms with E-state index < -0.39 is 23.2 Å². The number of aromatic nitrogens is 2. The van der Waals surface area contributed by atoms with Gasteiger partial charge in [0.15, 0.2) is 5.75 Å². The van der Waals surface area contributed by atoms with E-state index in [0.717, 1.165) is 18.3 Å². The van der Waals surface area contributed by atoms with E-state index in [4.69, 9.17) is 39.9 Å². The summed E-state index contributed by atoms with van der Waals surface area (Å²) in [6.45, 7) is 0. The van der Waals surface area contributed by atoms with Crippen LogP contribution in [0.15, 0.2) is 35.3 Å². The lowest BCUT2D eigenvalue weighted by Crippen LogP contribution is -2.16. The van der Waals surface area contributed by atoms with Crippen molar-refractivity contribution < 1.29 is 19.0 Å². The second-order valence-electron chi connectivity index (χ2n) is 4.78. The van der Waals surface area contributed by atoms with Crippen LogP contribution in [0.5, 0.6) is 5.75 Å². The van der Waals surface area contributed by atoms with Crippen molar-refractivity contribution in [3.63, 3.8) is 0 Å². The van der Waals surface area contributed by atoms with Crippen molar-refractivity contribution in [2.75, 3.05) is 0 Å². The van der Waals surface area contributed by atoms with Crippen LogP contribution in [0, 0.1) is 5.82 Å². The number of carboxylic acid groups (broad SMARTS) is 1. The first-order valence-corrected chi connectivity index (χ1v) is 7.69. The van der Waals surface area contributed by atoms with Gasteiger partial charge in [-0.15, -0.1) is 0 Å². The fraction of sp³-hybridized carbons (Fsp3) is 0. The van der Waals surface area contributed by atoms with E-state index in [1.54, 1.807) is 0 Å². The lowest BCUT2D eigenvalue weighted by Gasteiger charge is -2.15. The lowest BCUT2D eigenvalue weighted by molar-refractivity contribution is 0.144. The Bertz CT molecular complexity index is 1060. The topological polar surface area (TPSA) is 81.4 Å². The smallest absolute Gasteiger partial charge is 0.449 e. The van der Waals surface area contributed by atoms with Gasteiger partial charge in [0.25, 0.3) is 0 Å². The molecule has 25 heavy (non-hydrogen) atoms. The van der Waals surface area contributed by atoms with Crippen molar-refractivity contribution in [3.05, 3.63) is 61.7 Å². The van der Waals surface area contributed by atoms with Crippen molar-refractivity contribution in [1.29, 1.82) is 0 Å². The molecule has 2 aromatic heterocycles. The number of hydrogen-bond donors (Lipinski definition) is 1. The molecule has 0 spiro atoms. The fourth-order valence-electron chi connectivity index (χ4n) is 2.26. The third-order valence-electron chi connectivity index (χ3n) is 3.20. The van der Waals surface area contributed by atoms with Crippen LogP contribution in [0.4, 0.5) is 9.18 Å². The van der Waals surface area contributed by atoms with Crippen LogP contribution in [0.25, 0.3) is 16.7 Å². The summed E-state index contributed by atoms with van der Waals surface area (Å²) in [5.41, 5.74) is -0.586. The number of rotatable bonds is 2. The van der Waals surface area contributed by atoms with Gasteiger partial charge in [0.2, 0.25) is 5.43 Å². The minimum Gasteiger partial charge on any atom is -0.449 e. The van der Waals surface area contributed by atoms with Gasteiger partial charge in [0.1, 0.15) is 16.6 Å². The van der Waals surface area contributed by atoms with Crippen LogP contribution < -0.4 is 10.2 Å². The molecule has 6 nitrogen and oxygen atoms in total. The van der Waals surface area contributed by atoms with Crippen molar-refractivity contribution in [1.82, 2.24) is 9.55 Å². The first-order valence-electron chi connectivity index (χ1n) is 6.55. The summed E-state index contributed by atoms with van der Waals surface area (Å²) in [5.74, 6) is -1.17.